The molecular formula is C16H18BrNO2. The lowest BCUT2D eigenvalue weighted by atomic mass is 10.1. The predicted molar refractivity (Wildman–Crippen MR) is 84.4 cm³/mol. The van der Waals surface area contributed by atoms with Gasteiger partial charge in [0.15, 0.2) is 0 Å². The maximum absolute atomic E-state index is 5.98. The van der Waals surface area contributed by atoms with E-state index in [1.807, 2.05) is 56.3 Å². The van der Waals surface area contributed by atoms with Crippen LogP contribution in [0.1, 0.15) is 25.5 Å². The molecule has 2 aromatic rings. The van der Waals surface area contributed by atoms with E-state index < -0.39 is 0 Å². The van der Waals surface area contributed by atoms with Crippen molar-refractivity contribution in [1.82, 2.24) is 0 Å². The fourth-order valence-electron chi connectivity index (χ4n) is 1.89. The molecule has 0 aliphatic rings. The molecule has 2 aromatic carbocycles. The van der Waals surface area contributed by atoms with Crippen molar-refractivity contribution in [3.05, 3.63) is 52.5 Å². The topological polar surface area (TPSA) is 44.5 Å². The Morgan fingerprint density at radius 1 is 1.15 bits per heavy atom. The Kier molecular flexibility index (Phi) is 5.04. The first-order chi connectivity index (χ1) is 9.60. The molecule has 0 aliphatic carbocycles. The smallest absolute Gasteiger partial charge is 0.133 e. The lowest BCUT2D eigenvalue weighted by Crippen LogP contribution is -2.06. The van der Waals surface area contributed by atoms with Crippen LogP contribution < -0.4 is 15.2 Å². The third-order valence-corrected chi connectivity index (χ3v) is 3.30. The van der Waals surface area contributed by atoms with Gasteiger partial charge in [-0.1, -0.05) is 28.1 Å². The standard InChI is InChI=1S/C16H18BrNO2/c1-3-19-13-5-4-6-14(10-13)20-16-9-12(17)7-8-15(16)11(2)18/h4-11H,3,18H2,1-2H3. The molecule has 0 saturated carbocycles. The summed E-state index contributed by atoms with van der Waals surface area (Å²) in [6.07, 6.45) is 0. The number of rotatable bonds is 5. The minimum atomic E-state index is -0.0897. The zero-order chi connectivity index (χ0) is 14.5. The first kappa shape index (κ1) is 14.9. The molecule has 0 heterocycles. The van der Waals surface area contributed by atoms with Gasteiger partial charge in [-0.3, -0.25) is 0 Å². The molecule has 0 aliphatic heterocycles. The molecule has 106 valence electrons. The molecular weight excluding hydrogens is 318 g/mol. The molecule has 0 fully saturated rings. The maximum atomic E-state index is 5.98. The second kappa shape index (κ2) is 6.77. The van der Waals surface area contributed by atoms with Gasteiger partial charge >= 0.3 is 0 Å². The zero-order valence-corrected chi connectivity index (χ0v) is 13.2. The SMILES string of the molecule is CCOc1cccc(Oc2cc(Br)ccc2C(C)N)c1. The molecule has 2 rings (SSSR count). The van der Waals surface area contributed by atoms with Crippen LogP contribution in [0.15, 0.2) is 46.9 Å². The monoisotopic (exact) mass is 335 g/mol. The van der Waals surface area contributed by atoms with Crippen LogP contribution in [-0.4, -0.2) is 6.61 Å². The van der Waals surface area contributed by atoms with Crippen molar-refractivity contribution in [2.75, 3.05) is 6.61 Å². The second-order valence-electron chi connectivity index (χ2n) is 4.48. The first-order valence-electron chi connectivity index (χ1n) is 6.56. The largest absolute Gasteiger partial charge is 0.494 e. The molecule has 0 radical (unpaired) electrons. The molecule has 0 amide bonds. The van der Waals surface area contributed by atoms with Gasteiger partial charge in [0.25, 0.3) is 0 Å². The molecule has 2 N–H and O–H groups in total. The van der Waals surface area contributed by atoms with Crippen molar-refractivity contribution < 1.29 is 9.47 Å². The Bertz CT molecular complexity index is 584. The van der Waals surface area contributed by atoms with Crippen LogP contribution in [0, 0.1) is 0 Å². The molecule has 0 spiro atoms. The summed E-state index contributed by atoms with van der Waals surface area (Å²) in [5.74, 6) is 2.28. The third kappa shape index (κ3) is 3.74. The highest BCUT2D eigenvalue weighted by atomic mass is 79.9. The van der Waals surface area contributed by atoms with Gasteiger partial charge in [-0.25, -0.2) is 0 Å². The maximum Gasteiger partial charge on any atom is 0.133 e. The normalized spacial score (nSPS) is 12.0. The van der Waals surface area contributed by atoms with Crippen LogP contribution in [0.5, 0.6) is 17.2 Å². The number of ether oxygens (including phenoxy) is 2. The van der Waals surface area contributed by atoms with Crippen molar-refractivity contribution >= 4 is 15.9 Å². The van der Waals surface area contributed by atoms with Gasteiger partial charge in [-0.15, -0.1) is 0 Å². The van der Waals surface area contributed by atoms with Gasteiger partial charge in [0.2, 0.25) is 0 Å². The lowest BCUT2D eigenvalue weighted by Gasteiger charge is -2.14. The van der Waals surface area contributed by atoms with Gasteiger partial charge < -0.3 is 15.2 Å². The minimum absolute atomic E-state index is 0.0897. The van der Waals surface area contributed by atoms with Gasteiger partial charge in [0, 0.05) is 22.1 Å². The van der Waals surface area contributed by atoms with Crippen molar-refractivity contribution in [2.24, 2.45) is 5.73 Å². The Hall–Kier alpha value is -1.52. The van der Waals surface area contributed by atoms with E-state index in [1.165, 1.54) is 0 Å². The van der Waals surface area contributed by atoms with E-state index in [0.717, 1.165) is 27.3 Å². The summed E-state index contributed by atoms with van der Waals surface area (Å²) in [7, 11) is 0. The molecule has 0 bridgehead atoms. The fourth-order valence-corrected chi connectivity index (χ4v) is 2.23. The van der Waals surface area contributed by atoms with Crippen LogP contribution in [0.3, 0.4) is 0 Å². The number of hydrogen-bond acceptors (Lipinski definition) is 3. The fraction of sp³-hybridized carbons (Fsp3) is 0.250. The van der Waals surface area contributed by atoms with E-state index in [9.17, 15) is 0 Å². The summed E-state index contributed by atoms with van der Waals surface area (Å²) in [5.41, 5.74) is 6.94. The number of hydrogen-bond donors (Lipinski definition) is 1. The Morgan fingerprint density at radius 2 is 1.90 bits per heavy atom. The highest BCUT2D eigenvalue weighted by molar-refractivity contribution is 9.10. The Morgan fingerprint density at radius 3 is 2.60 bits per heavy atom. The molecule has 4 heteroatoms. The molecule has 3 nitrogen and oxygen atoms in total. The van der Waals surface area contributed by atoms with E-state index in [1.54, 1.807) is 0 Å². The van der Waals surface area contributed by atoms with Crippen molar-refractivity contribution in [2.45, 2.75) is 19.9 Å². The zero-order valence-electron chi connectivity index (χ0n) is 11.6. The summed E-state index contributed by atoms with van der Waals surface area (Å²) in [5, 5.41) is 0. The van der Waals surface area contributed by atoms with Crippen LogP contribution in [0.2, 0.25) is 0 Å². The average Bonchev–Trinajstić information content (AvgIpc) is 2.39. The van der Waals surface area contributed by atoms with E-state index in [4.69, 9.17) is 15.2 Å². The summed E-state index contributed by atoms with van der Waals surface area (Å²) < 4.78 is 12.4. The van der Waals surface area contributed by atoms with Crippen LogP contribution in [-0.2, 0) is 0 Å². The molecule has 20 heavy (non-hydrogen) atoms. The van der Waals surface area contributed by atoms with E-state index in [-0.39, 0.29) is 6.04 Å². The number of halogens is 1. The third-order valence-electron chi connectivity index (χ3n) is 2.81. The first-order valence-corrected chi connectivity index (χ1v) is 7.35. The second-order valence-corrected chi connectivity index (χ2v) is 5.40. The summed E-state index contributed by atoms with van der Waals surface area (Å²) in [4.78, 5) is 0. The quantitative estimate of drug-likeness (QED) is 0.864. The molecule has 1 atom stereocenters. The van der Waals surface area contributed by atoms with E-state index >= 15 is 0 Å². The van der Waals surface area contributed by atoms with Crippen molar-refractivity contribution in [3.8, 4) is 17.2 Å². The summed E-state index contributed by atoms with van der Waals surface area (Å²) in [6, 6.07) is 13.3. The Labute approximate surface area is 127 Å². The van der Waals surface area contributed by atoms with E-state index in [0.29, 0.717) is 6.61 Å². The average molecular weight is 336 g/mol. The molecule has 1 unspecified atom stereocenters. The van der Waals surface area contributed by atoms with Gasteiger partial charge in [-0.2, -0.15) is 0 Å². The van der Waals surface area contributed by atoms with Crippen LogP contribution in [0.4, 0.5) is 0 Å². The predicted octanol–water partition coefficient (Wildman–Crippen LogP) is 4.66. The van der Waals surface area contributed by atoms with Crippen LogP contribution in [0.25, 0.3) is 0 Å². The summed E-state index contributed by atoms with van der Waals surface area (Å²) >= 11 is 3.45. The van der Waals surface area contributed by atoms with Crippen LogP contribution >= 0.6 is 15.9 Å². The lowest BCUT2D eigenvalue weighted by molar-refractivity contribution is 0.338. The highest BCUT2D eigenvalue weighted by Crippen LogP contribution is 2.32. The number of nitrogens with two attached hydrogens (primary N) is 1. The van der Waals surface area contributed by atoms with Gasteiger partial charge in [0.05, 0.1) is 6.61 Å². The van der Waals surface area contributed by atoms with Crippen molar-refractivity contribution in [3.63, 3.8) is 0 Å². The van der Waals surface area contributed by atoms with Crippen molar-refractivity contribution in [1.29, 1.82) is 0 Å². The molecule has 0 saturated heterocycles. The van der Waals surface area contributed by atoms with E-state index in [2.05, 4.69) is 15.9 Å². The molecule has 0 aromatic heterocycles. The minimum Gasteiger partial charge on any atom is -0.494 e. The Balaban J connectivity index is 2.29. The summed E-state index contributed by atoms with van der Waals surface area (Å²) in [6.45, 7) is 4.52. The van der Waals surface area contributed by atoms with Gasteiger partial charge in [-0.05, 0) is 38.1 Å². The number of benzene rings is 2. The van der Waals surface area contributed by atoms with Gasteiger partial charge in [0.1, 0.15) is 17.2 Å². The highest BCUT2D eigenvalue weighted by Gasteiger charge is 2.10.